The van der Waals surface area contributed by atoms with Crippen LogP contribution in [0, 0.1) is 11.3 Å². The highest BCUT2D eigenvalue weighted by molar-refractivity contribution is 6.32. The van der Waals surface area contributed by atoms with Crippen LogP contribution in [0.3, 0.4) is 0 Å². The highest BCUT2D eigenvalue weighted by atomic mass is 35.5. The van der Waals surface area contributed by atoms with Gasteiger partial charge >= 0.3 is 0 Å². The van der Waals surface area contributed by atoms with Crippen LogP contribution in [-0.2, 0) is 0 Å². The van der Waals surface area contributed by atoms with Gasteiger partial charge in [-0.1, -0.05) is 17.7 Å². The number of nitrogens with two attached hydrogens (primary N) is 1. The molecule has 6 heteroatoms. The Kier molecular flexibility index (Phi) is 3.08. The summed E-state index contributed by atoms with van der Waals surface area (Å²) in [6, 6.07) is 8.42. The molecule has 0 atom stereocenters. The van der Waals surface area contributed by atoms with Crippen LogP contribution in [0.1, 0.15) is 5.56 Å². The molecule has 0 unspecified atom stereocenters. The standard InChI is InChI=1S/C11H7ClN4O/c12-8-2-1-3-9(14)10(8)17-11-7(6-13)4-5-15-16-11/h1-5H,14H2. The molecule has 2 rings (SSSR count). The maximum atomic E-state index is 8.87. The van der Waals surface area contributed by atoms with Gasteiger partial charge < -0.3 is 10.5 Å². The second-order valence-corrected chi connectivity index (χ2v) is 3.53. The number of hydrogen-bond acceptors (Lipinski definition) is 5. The van der Waals surface area contributed by atoms with Gasteiger partial charge in [0.25, 0.3) is 5.88 Å². The first kappa shape index (κ1) is 11.2. The molecule has 2 aromatic rings. The molecule has 0 radical (unpaired) electrons. The number of para-hydroxylation sites is 1. The van der Waals surface area contributed by atoms with Gasteiger partial charge in [-0.25, -0.2) is 0 Å². The van der Waals surface area contributed by atoms with Crippen LogP contribution in [0.25, 0.3) is 0 Å². The van der Waals surface area contributed by atoms with E-state index in [1.807, 2.05) is 6.07 Å². The van der Waals surface area contributed by atoms with E-state index in [4.69, 9.17) is 27.3 Å². The molecule has 0 fully saturated rings. The van der Waals surface area contributed by atoms with E-state index in [2.05, 4.69) is 10.2 Å². The number of ether oxygens (including phenoxy) is 1. The van der Waals surface area contributed by atoms with Crippen molar-refractivity contribution in [2.24, 2.45) is 0 Å². The third kappa shape index (κ3) is 2.27. The summed E-state index contributed by atoms with van der Waals surface area (Å²) in [6.45, 7) is 0. The maximum Gasteiger partial charge on any atom is 0.257 e. The normalized spacial score (nSPS) is 9.65. The topological polar surface area (TPSA) is 84.8 Å². The van der Waals surface area contributed by atoms with Crippen LogP contribution in [0.15, 0.2) is 30.5 Å². The number of nitriles is 1. The van der Waals surface area contributed by atoms with Crippen molar-refractivity contribution in [3.63, 3.8) is 0 Å². The van der Waals surface area contributed by atoms with Crippen molar-refractivity contribution in [3.05, 3.63) is 41.0 Å². The van der Waals surface area contributed by atoms with Crippen LogP contribution in [0.4, 0.5) is 5.69 Å². The van der Waals surface area contributed by atoms with Crippen molar-refractivity contribution >= 4 is 17.3 Å². The fraction of sp³-hybridized carbons (Fsp3) is 0. The molecule has 1 aromatic heterocycles. The minimum absolute atomic E-state index is 0.0785. The van der Waals surface area contributed by atoms with Crippen molar-refractivity contribution in [1.82, 2.24) is 10.2 Å². The van der Waals surface area contributed by atoms with E-state index in [1.54, 1.807) is 18.2 Å². The SMILES string of the molecule is N#Cc1ccnnc1Oc1c(N)cccc1Cl. The monoisotopic (exact) mass is 246 g/mol. The molecule has 0 saturated heterocycles. The largest absolute Gasteiger partial charge is 0.433 e. The zero-order chi connectivity index (χ0) is 12.3. The summed E-state index contributed by atoms with van der Waals surface area (Å²) in [5, 5.41) is 16.6. The number of nitrogen functional groups attached to an aromatic ring is 1. The Morgan fingerprint density at radius 2 is 2.18 bits per heavy atom. The predicted molar refractivity (Wildman–Crippen MR) is 62.7 cm³/mol. The molecule has 2 N–H and O–H groups in total. The summed E-state index contributed by atoms with van der Waals surface area (Å²) in [7, 11) is 0. The quantitative estimate of drug-likeness (QED) is 0.823. The van der Waals surface area contributed by atoms with Crippen LogP contribution in [0.2, 0.25) is 5.02 Å². The van der Waals surface area contributed by atoms with Gasteiger partial charge in [-0.2, -0.15) is 10.4 Å². The van der Waals surface area contributed by atoms with E-state index < -0.39 is 0 Å². The summed E-state index contributed by atoms with van der Waals surface area (Å²) in [6.07, 6.45) is 1.40. The summed E-state index contributed by atoms with van der Waals surface area (Å²) in [4.78, 5) is 0. The van der Waals surface area contributed by atoms with E-state index in [0.29, 0.717) is 10.7 Å². The number of anilines is 1. The first-order valence-corrected chi connectivity index (χ1v) is 5.04. The van der Waals surface area contributed by atoms with E-state index in [1.165, 1.54) is 12.3 Å². The molecule has 1 heterocycles. The molecule has 0 spiro atoms. The van der Waals surface area contributed by atoms with E-state index in [-0.39, 0.29) is 17.2 Å². The maximum absolute atomic E-state index is 8.87. The molecule has 0 aliphatic heterocycles. The molecule has 0 aliphatic rings. The Morgan fingerprint density at radius 1 is 1.35 bits per heavy atom. The fourth-order valence-corrected chi connectivity index (χ4v) is 1.43. The lowest BCUT2D eigenvalue weighted by Crippen LogP contribution is -1.97. The number of rotatable bonds is 2. The number of halogens is 1. The highest BCUT2D eigenvalue weighted by Crippen LogP contribution is 2.34. The first-order valence-electron chi connectivity index (χ1n) is 4.66. The molecule has 0 aliphatic carbocycles. The summed E-state index contributed by atoms with van der Waals surface area (Å²) < 4.78 is 5.41. The lowest BCUT2D eigenvalue weighted by atomic mass is 10.3. The Bertz CT molecular complexity index is 574. The Balaban J connectivity index is 2.42. The second-order valence-electron chi connectivity index (χ2n) is 3.12. The van der Waals surface area contributed by atoms with Crippen LogP contribution < -0.4 is 10.5 Å². The second kappa shape index (κ2) is 4.68. The number of aromatic nitrogens is 2. The number of nitrogens with zero attached hydrogens (tertiary/aromatic N) is 3. The van der Waals surface area contributed by atoms with Gasteiger partial charge in [0, 0.05) is 0 Å². The third-order valence-electron chi connectivity index (χ3n) is 2.00. The molecule has 0 amide bonds. The zero-order valence-electron chi connectivity index (χ0n) is 8.59. The van der Waals surface area contributed by atoms with Crippen molar-refractivity contribution < 1.29 is 4.74 Å². The zero-order valence-corrected chi connectivity index (χ0v) is 9.35. The fourth-order valence-electron chi connectivity index (χ4n) is 1.21. The predicted octanol–water partition coefficient (Wildman–Crippen LogP) is 2.38. The minimum Gasteiger partial charge on any atom is -0.433 e. The van der Waals surface area contributed by atoms with Crippen LogP contribution in [-0.4, -0.2) is 10.2 Å². The van der Waals surface area contributed by atoms with Gasteiger partial charge in [-0.15, -0.1) is 5.10 Å². The van der Waals surface area contributed by atoms with Gasteiger partial charge in [0.15, 0.2) is 5.75 Å². The molecule has 5 nitrogen and oxygen atoms in total. The summed E-state index contributed by atoms with van der Waals surface area (Å²) in [5.41, 5.74) is 6.35. The average molecular weight is 247 g/mol. The lowest BCUT2D eigenvalue weighted by Gasteiger charge is -2.09. The molecule has 0 bridgehead atoms. The number of hydrogen-bond donors (Lipinski definition) is 1. The number of benzene rings is 1. The molecule has 84 valence electrons. The smallest absolute Gasteiger partial charge is 0.257 e. The van der Waals surface area contributed by atoms with Crippen molar-refractivity contribution in [3.8, 4) is 17.7 Å². The molecular formula is C11H7ClN4O. The Morgan fingerprint density at radius 3 is 2.88 bits per heavy atom. The van der Waals surface area contributed by atoms with Crippen LogP contribution in [0.5, 0.6) is 11.6 Å². The van der Waals surface area contributed by atoms with Crippen molar-refractivity contribution in [2.75, 3.05) is 5.73 Å². The average Bonchev–Trinajstić information content (AvgIpc) is 2.34. The minimum atomic E-state index is 0.0785. The van der Waals surface area contributed by atoms with Gasteiger partial charge in [-0.3, -0.25) is 0 Å². The third-order valence-corrected chi connectivity index (χ3v) is 2.30. The van der Waals surface area contributed by atoms with E-state index in [9.17, 15) is 0 Å². The van der Waals surface area contributed by atoms with Crippen molar-refractivity contribution in [1.29, 1.82) is 5.26 Å². The Hall–Kier alpha value is -2.32. The van der Waals surface area contributed by atoms with Gasteiger partial charge in [-0.05, 0) is 18.2 Å². The molecule has 17 heavy (non-hydrogen) atoms. The van der Waals surface area contributed by atoms with Crippen molar-refractivity contribution in [2.45, 2.75) is 0 Å². The first-order chi connectivity index (χ1) is 8.22. The van der Waals surface area contributed by atoms with Gasteiger partial charge in [0.05, 0.1) is 16.9 Å². The summed E-state index contributed by atoms with van der Waals surface area (Å²) in [5.74, 6) is 0.348. The lowest BCUT2D eigenvalue weighted by molar-refractivity contribution is 0.456. The highest BCUT2D eigenvalue weighted by Gasteiger charge is 2.11. The molecule has 1 aromatic carbocycles. The Labute approximate surface area is 102 Å². The van der Waals surface area contributed by atoms with Gasteiger partial charge in [0.2, 0.25) is 0 Å². The molecule has 0 saturated carbocycles. The van der Waals surface area contributed by atoms with E-state index in [0.717, 1.165) is 0 Å². The van der Waals surface area contributed by atoms with Crippen LogP contribution >= 0.6 is 11.6 Å². The van der Waals surface area contributed by atoms with Gasteiger partial charge in [0.1, 0.15) is 11.6 Å². The van der Waals surface area contributed by atoms with E-state index >= 15 is 0 Å². The summed E-state index contributed by atoms with van der Waals surface area (Å²) >= 11 is 5.94. The molecular weight excluding hydrogens is 240 g/mol.